The first-order chi connectivity index (χ1) is 32.0. The van der Waals surface area contributed by atoms with Crippen LogP contribution in [0.2, 0.25) is 0 Å². The molecule has 9 atom stereocenters. The maximum Gasteiger partial charge on any atom is 0.306 e. The molecule has 5 rings (SSSR count). The molecule has 1 heterocycles. The third-order valence-corrected chi connectivity index (χ3v) is 17.8. The van der Waals surface area contributed by atoms with Gasteiger partial charge in [0, 0.05) is 19.6 Å². The van der Waals surface area contributed by atoms with Gasteiger partial charge in [0.2, 0.25) is 0 Å². The summed E-state index contributed by atoms with van der Waals surface area (Å²) in [4.78, 5) is 28.2. The number of likely N-dealkylation sites (tertiary alicyclic amines) is 1. The van der Waals surface area contributed by atoms with E-state index in [0.717, 1.165) is 87.4 Å². The van der Waals surface area contributed by atoms with Crippen LogP contribution in [-0.2, 0) is 28.5 Å². The molecule has 7 heteroatoms. The average Bonchev–Trinajstić information content (AvgIpc) is 3.67. The van der Waals surface area contributed by atoms with E-state index >= 15 is 0 Å². The van der Waals surface area contributed by atoms with E-state index in [4.69, 9.17) is 18.9 Å². The topological polar surface area (TPSA) is 74.3 Å². The minimum Gasteiger partial charge on any atom is -0.463 e. The van der Waals surface area contributed by atoms with Crippen LogP contribution < -0.4 is 0 Å². The molecule has 0 spiro atoms. The standard InChI is InChI=1S/C59H103NO6/c1-7-8-9-10-11-12-13-14-15-16-17-18-19-20-21-25-41-63-46-51(45-60-39-23-22-24-40-60)64-42-43-65-56(61)33-34-57(62)66-50-35-37-58(5)49(44-50)29-30-52-54-32-31-53(48(4)28-26-27-47(2)3)59(54,6)38-36-55(52)58/h14-15,29,47-48,50-55H,7-13,16-28,30-46H2,1-6H3/b15-14-/t48?,50?,51?,52?,53?,54-,55-,58-,59?/m0/s1. The van der Waals surface area contributed by atoms with Gasteiger partial charge >= 0.3 is 11.9 Å². The number of esters is 2. The number of unbranched alkanes of at least 4 members (excludes halogenated alkanes) is 12. The zero-order chi connectivity index (χ0) is 47.0. The van der Waals surface area contributed by atoms with Crippen molar-refractivity contribution in [3.8, 4) is 0 Å². The maximum absolute atomic E-state index is 13.0. The molecule has 4 aliphatic carbocycles. The minimum atomic E-state index is -0.361. The number of allylic oxidation sites excluding steroid dienone is 3. The molecule has 3 saturated carbocycles. The Kier molecular flexibility index (Phi) is 25.2. The second kappa shape index (κ2) is 30.1. The van der Waals surface area contributed by atoms with E-state index in [1.165, 1.54) is 160 Å². The van der Waals surface area contributed by atoms with Crippen molar-refractivity contribution in [3.63, 3.8) is 0 Å². The zero-order valence-electron chi connectivity index (χ0n) is 43.9. The Bertz CT molecular complexity index is 1420. The summed E-state index contributed by atoms with van der Waals surface area (Å²) in [5.74, 6) is 4.28. The van der Waals surface area contributed by atoms with E-state index in [-0.39, 0.29) is 49.0 Å². The average molecular weight is 922 g/mol. The fraction of sp³-hybridized carbons (Fsp3) is 0.898. The first kappa shape index (κ1) is 55.2. The van der Waals surface area contributed by atoms with Crippen molar-refractivity contribution in [1.82, 2.24) is 4.90 Å². The van der Waals surface area contributed by atoms with Crippen molar-refractivity contribution in [3.05, 3.63) is 23.8 Å². The molecule has 7 nitrogen and oxygen atoms in total. The molecule has 0 radical (unpaired) electrons. The van der Waals surface area contributed by atoms with Gasteiger partial charge in [-0.05, 0) is 149 Å². The van der Waals surface area contributed by atoms with Crippen molar-refractivity contribution in [2.75, 3.05) is 46.1 Å². The quantitative estimate of drug-likeness (QED) is 0.0369. The van der Waals surface area contributed by atoms with Crippen LogP contribution in [-0.4, -0.2) is 75.1 Å². The number of rotatable bonds is 33. The molecular weight excluding hydrogens is 819 g/mol. The van der Waals surface area contributed by atoms with Crippen LogP contribution >= 0.6 is 0 Å². The lowest BCUT2D eigenvalue weighted by Gasteiger charge is -2.58. The van der Waals surface area contributed by atoms with Gasteiger partial charge in [0.05, 0.1) is 32.2 Å². The third kappa shape index (κ3) is 17.9. The SMILES string of the molecule is CCCCCCCC/C=C\CCCCCCCCOCC(CN1CCCCC1)OCCOC(=O)CCC(=O)OC1CC[C@@]2(C)C(=CCC3[C@@H]4CCC(C(C)CCCC(C)C)C4(C)CC[C@@H]32)C1. The summed E-state index contributed by atoms with van der Waals surface area (Å²) in [7, 11) is 0. The van der Waals surface area contributed by atoms with Crippen molar-refractivity contribution in [2.24, 2.45) is 46.3 Å². The van der Waals surface area contributed by atoms with Gasteiger partial charge in [-0.1, -0.05) is 149 Å². The summed E-state index contributed by atoms with van der Waals surface area (Å²) in [6.07, 6.45) is 43.2. The molecule has 0 aromatic rings. The number of piperidine rings is 1. The molecule has 0 amide bonds. The predicted molar refractivity (Wildman–Crippen MR) is 273 cm³/mol. The van der Waals surface area contributed by atoms with E-state index in [1.54, 1.807) is 0 Å². The lowest BCUT2D eigenvalue weighted by molar-refractivity contribution is -0.156. The number of fused-ring (bicyclic) bond motifs is 5. The van der Waals surface area contributed by atoms with Crippen molar-refractivity contribution < 1.29 is 28.5 Å². The summed E-state index contributed by atoms with van der Waals surface area (Å²) in [6.45, 7) is 19.7. The normalized spacial score (nSPS) is 28.7. The monoisotopic (exact) mass is 922 g/mol. The van der Waals surface area contributed by atoms with Gasteiger partial charge in [0.15, 0.2) is 0 Å². The van der Waals surface area contributed by atoms with Crippen LogP contribution in [0.15, 0.2) is 23.8 Å². The molecule has 0 bridgehead atoms. The highest BCUT2D eigenvalue weighted by atomic mass is 16.6. The summed E-state index contributed by atoms with van der Waals surface area (Å²) in [5, 5.41) is 0. The summed E-state index contributed by atoms with van der Waals surface area (Å²) < 4.78 is 24.0. The van der Waals surface area contributed by atoms with Gasteiger partial charge in [-0.3, -0.25) is 9.59 Å². The van der Waals surface area contributed by atoms with E-state index in [2.05, 4.69) is 64.7 Å². The molecular formula is C59H103NO6. The van der Waals surface area contributed by atoms with Crippen LogP contribution in [0.1, 0.15) is 234 Å². The summed E-state index contributed by atoms with van der Waals surface area (Å²) in [6, 6.07) is 0. The Hall–Kier alpha value is -1.70. The number of ether oxygens (including phenoxy) is 4. The van der Waals surface area contributed by atoms with Crippen LogP contribution in [0.3, 0.4) is 0 Å². The van der Waals surface area contributed by atoms with Crippen molar-refractivity contribution in [1.29, 1.82) is 0 Å². The Labute approximate surface area is 406 Å². The summed E-state index contributed by atoms with van der Waals surface area (Å²) >= 11 is 0. The molecule has 5 aliphatic rings. The molecule has 0 N–H and O–H groups in total. The molecule has 0 aromatic carbocycles. The molecule has 1 saturated heterocycles. The first-order valence-corrected chi connectivity index (χ1v) is 28.6. The number of carbonyl (C=O) groups is 2. The zero-order valence-corrected chi connectivity index (χ0v) is 43.9. The van der Waals surface area contributed by atoms with E-state index < -0.39 is 0 Å². The highest BCUT2D eigenvalue weighted by Gasteiger charge is 2.59. The highest BCUT2D eigenvalue weighted by Crippen LogP contribution is 2.67. The van der Waals surface area contributed by atoms with Gasteiger partial charge in [0.25, 0.3) is 0 Å². The minimum absolute atomic E-state index is 0.0418. The first-order valence-electron chi connectivity index (χ1n) is 28.6. The van der Waals surface area contributed by atoms with Crippen molar-refractivity contribution in [2.45, 2.75) is 246 Å². The number of hydrogen-bond acceptors (Lipinski definition) is 7. The largest absolute Gasteiger partial charge is 0.463 e. The fourth-order valence-electron chi connectivity index (χ4n) is 13.9. The van der Waals surface area contributed by atoms with Crippen molar-refractivity contribution >= 4 is 11.9 Å². The van der Waals surface area contributed by atoms with Gasteiger partial charge in [-0.25, -0.2) is 0 Å². The molecule has 6 unspecified atom stereocenters. The smallest absolute Gasteiger partial charge is 0.306 e. The fourth-order valence-corrected chi connectivity index (χ4v) is 13.9. The number of nitrogens with zero attached hydrogens (tertiary/aromatic N) is 1. The van der Waals surface area contributed by atoms with Gasteiger partial charge in [-0.15, -0.1) is 0 Å². The van der Waals surface area contributed by atoms with Gasteiger partial charge < -0.3 is 23.8 Å². The lowest BCUT2D eigenvalue weighted by Crippen LogP contribution is -2.51. The maximum atomic E-state index is 13.0. The van der Waals surface area contributed by atoms with Gasteiger partial charge in [-0.2, -0.15) is 0 Å². The van der Waals surface area contributed by atoms with Crippen LogP contribution in [0.25, 0.3) is 0 Å². The molecule has 0 aromatic heterocycles. The molecule has 4 fully saturated rings. The Balaban J connectivity index is 0.919. The van der Waals surface area contributed by atoms with Crippen LogP contribution in [0, 0.1) is 46.3 Å². The summed E-state index contributed by atoms with van der Waals surface area (Å²) in [5.41, 5.74) is 2.26. The Morgan fingerprint density at radius 3 is 2.17 bits per heavy atom. The highest BCUT2D eigenvalue weighted by molar-refractivity contribution is 5.77. The second-order valence-corrected chi connectivity index (χ2v) is 23.2. The predicted octanol–water partition coefficient (Wildman–Crippen LogP) is 15.2. The Morgan fingerprint density at radius 2 is 1.44 bits per heavy atom. The van der Waals surface area contributed by atoms with E-state index in [9.17, 15) is 9.59 Å². The second-order valence-electron chi connectivity index (χ2n) is 23.2. The number of carbonyl (C=O) groups excluding carboxylic acids is 2. The van der Waals surface area contributed by atoms with Crippen LogP contribution in [0.5, 0.6) is 0 Å². The Morgan fingerprint density at radius 1 is 0.742 bits per heavy atom. The third-order valence-electron chi connectivity index (χ3n) is 17.8. The van der Waals surface area contributed by atoms with Gasteiger partial charge in [0.1, 0.15) is 12.7 Å². The lowest BCUT2D eigenvalue weighted by atomic mass is 9.47. The molecule has 66 heavy (non-hydrogen) atoms. The van der Waals surface area contributed by atoms with E-state index in [0.29, 0.717) is 18.6 Å². The van der Waals surface area contributed by atoms with Crippen LogP contribution in [0.4, 0.5) is 0 Å². The molecule has 380 valence electrons. The molecule has 1 aliphatic heterocycles. The van der Waals surface area contributed by atoms with E-state index in [1.807, 2.05) is 0 Å². The number of hydrogen-bond donors (Lipinski definition) is 0.